The number of hydrogen-bond acceptors (Lipinski definition) is 0. The molecule has 0 amide bonds. The standard InChI is InChI=1S/C29H44F2/c1-2-3-4-5-6-8-21-11-13-22(14-12-21)23-15-16-25-20-26(18-17-24(25)19-23)27-9-7-10-28(30)29(27)31/h7,9-10,21-26H,2-6,8,11-20H2,1H3. The molecule has 0 N–H and O–H groups in total. The first-order valence-corrected chi connectivity index (χ1v) is 13.6. The Hall–Kier alpha value is -0.920. The Labute approximate surface area is 189 Å². The van der Waals surface area contributed by atoms with Crippen LogP contribution >= 0.6 is 0 Å². The van der Waals surface area contributed by atoms with Gasteiger partial charge < -0.3 is 0 Å². The van der Waals surface area contributed by atoms with E-state index in [-0.39, 0.29) is 5.92 Å². The van der Waals surface area contributed by atoms with Gasteiger partial charge in [-0.3, -0.25) is 0 Å². The Bertz CT molecular complexity index is 675. The first kappa shape index (κ1) is 23.2. The van der Waals surface area contributed by atoms with Crippen molar-refractivity contribution in [3.8, 4) is 0 Å². The molecule has 3 saturated carbocycles. The summed E-state index contributed by atoms with van der Waals surface area (Å²) in [5.74, 6) is 3.43. The fourth-order valence-electron chi connectivity index (χ4n) is 7.46. The molecular formula is C29H44F2. The average molecular weight is 431 g/mol. The highest BCUT2D eigenvalue weighted by atomic mass is 19.2. The summed E-state index contributed by atoms with van der Waals surface area (Å²) in [6.45, 7) is 2.30. The summed E-state index contributed by atoms with van der Waals surface area (Å²) in [6.07, 6.45) is 21.9. The number of benzene rings is 1. The second-order valence-corrected chi connectivity index (χ2v) is 11.2. The van der Waals surface area contributed by atoms with E-state index in [1.807, 2.05) is 6.07 Å². The van der Waals surface area contributed by atoms with Gasteiger partial charge in [0, 0.05) is 0 Å². The molecule has 0 radical (unpaired) electrons. The molecule has 0 nitrogen and oxygen atoms in total. The zero-order valence-electron chi connectivity index (χ0n) is 19.8. The maximum absolute atomic E-state index is 14.3. The van der Waals surface area contributed by atoms with Crippen LogP contribution in [0, 0.1) is 41.2 Å². The van der Waals surface area contributed by atoms with Gasteiger partial charge in [-0.1, -0.05) is 70.4 Å². The summed E-state index contributed by atoms with van der Waals surface area (Å²) in [5.41, 5.74) is 0.633. The van der Waals surface area contributed by atoms with Crippen molar-refractivity contribution in [3.05, 3.63) is 35.4 Å². The zero-order valence-corrected chi connectivity index (χ0v) is 19.8. The van der Waals surface area contributed by atoms with E-state index in [2.05, 4.69) is 6.92 Å². The van der Waals surface area contributed by atoms with Crippen LogP contribution in [0.3, 0.4) is 0 Å². The molecule has 3 aliphatic carbocycles. The molecule has 4 rings (SSSR count). The van der Waals surface area contributed by atoms with Crippen LogP contribution in [0.15, 0.2) is 18.2 Å². The quantitative estimate of drug-likeness (QED) is 0.360. The fourth-order valence-corrected chi connectivity index (χ4v) is 7.46. The lowest BCUT2D eigenvalue weighted by Gasteiger charge is -2.45. The molecule has 0 aliphatic heterocycles. The van der Waals surface area contributed by atoms with Crippen LogP contribution in [0.2, 0.25) is 0 Å². The van der Waals surface area contributed by atoms with Gasteiger partial charge in [-0.2, -0.15) is 0 Å². The van der Waals surface area contributed by atoms with Crippen molar-refractivity contribution in [2.45, 2.75) is 116 Å². The number of halogens is 2. The molecule has 0 heterocycles. The summed E-state index contributed by atoms with van der Waals surface area (Å²) in [5, 5.41) is 0. The van der Waals surface area contributed by atoms with E-state index in [1.165, 1.54) is 96.0 Å². The van der Waals surface area contributed by atoms with Gasteiger partial charge in [-0.05, 0) is 98.5 Å². The molecule has 4 unspecified atom stereocenters. The Morgan fingerprint density at radius 1 is 0.710 bits per heavy atom. The third kappa shape index (κ3) is 5.91. The maximum atomic E-state index is 14.3. The molecule has 0 bridgehead atoms. The number of hydrogen-bond donors (Lipinski definition) is 0. The SMILES string of the molecule is CCCCCCCC1CCC(C2CCC3CC(c4cccc(F)c4F)CCC3C2)CC1. The molecule has 31 heavy (non-hydrogen) atoms. The summed E-state index contributed by atoms with van der Waals surface area (Å²) >= 11 is 0. The van der Waals surface area contributed by atoms with Crippen molar-refractivity contribution in [2.24, 2.45) is 29.6 Å². The minimum atomic E-state index is -0.681. The molecule has 3 fully saturated rings. The molecule has 4 atom stereocenters. The number of fused-ring (bicyclic) bond motifs is 1. The first-order valence-electron chi connectivity index (χ1n) is 13.6. The minimum Gasteiger partial charge on any atom is -0.204 e. The molecule has 1 aromatic carbocycles. The Kier molecular flexibility index (Phi) is 8.46. The molecule has 174 valence electrons. The highest BCUT2D eigenvalue weighted by molar-refractivity contribution is 5.24. The second-order valence-electron chi connectivity index (χ2n) is 11.2. The molecular weight excluding hydrogens is 386 g/mol. The number of rotatable bonds is 8. The lowest BCUT2D eigenvalue weighted by molar-refractivity contribution is 0.0705. The Morgan fingerprint density at radius 2 is 1.35 bits per heavy atom. The van der Waals surface area contributed by atoms with Gasteiger partial charge >= 0.3 is 0 Å². The van der Waals surface area contributed by atoms with Crippen LogP contribution < -0.4 is 0 Å². The molecule has 2 heteroatoms. The highest BCUT2D eigenvalue weighted by Crippen LogP contribution is 2.51. The predicted molar refractivity (Wildman–Crippen MR) is 126 cm³/mol. The van der Waals surface area contributed by atoms with Crippen molar-refractivity contribution in [2.75, 3.05) is 0 Å². The van der Waals surface area contributed by atoms with Crippen LogP contribution in [-0.4, -0.2) is 0 Å². The van der Waals surface area contributed by atoms with Gasteiger partial charge in [0.05, 0.1) is 0 Å². The summed E-state index contributed by atoms with van der Waals surface area (Å²) in [4.78, 5) is 0. The minimum absolute atomic E-state index is 0.223. The van der Waals surface area contributed by atoms with Crippen LogP contribution in [0.25, 0.3) is 0 Å². The molecule has 1 aromatic rings. The van der Waals surface area contributed by atoms with Crippen molar-refractivity contribution in [1.29, 1.82) is 0 Å². The van der Waals surface area contributed by atoms with Crippen molar-refractivity contribution in [1.82, 2.24) is 0 Å². The lowest BCUT2D eigenvalue weighted by Crippen LogP contribution is -2.34. The number of unbranched alkanes of at least 4 members (excludes halogenated alkanes) is 4. The van der Waals surface area contributed by atoms with Gasteiger partial charge in [-0.25, -0.2) is 8.78 Å². The summed E-state index contributed by atoms with van der Waals surface area (Å²) in [7, 11) is 0. The van der Waals surface area contributed by atoms with Gasteiger partial charge in [0.15, 0.2) is 11.6 Å². The normalized spacial score (nSPS) is 33.8. The average Bonchev–Trinajstić information content (AvgIpc) is 2.80. The molecule has 0 aromatic heterocycles. The van der Waals surface area contributed by atoms with E-state index < -0.39 is 11.6 Å². The van der Waals surface area contributed by atoms with Crippen LogP contribution in [0.1, 0.15) is 121 Å². The van der Waals surface area contributed by atoms with E-state index in [0.717, 1.165) is 42.4 Å². The fraction of sp³-hybridized carbons (Fsp3) is 0.793. The maximum Gasteiger partial charge on any atom is 0.162 e. The summed E-state index contributed by atoms with van der Waals surface area (Å²) < 4.78 is 28.0. The van der Waals surface area contributed by atoms with Gasteiger partial charge in [0.25, 0.3) is 0 Å². The van der Waals surface area contributed by atoms with Crippen molar-refractivity contribution < 1.29 is 8.78 Å². The first-order chi connectivity index (χ1) is 15.2. The van der Waals surface area contributed by atoms with E-state index in [0.29, 0.717) is 5.56 Å². The van der Waals surface area contributed by atoms with E-state index in [1.54, 1.807) is 6.07 Å². The zero-order chi connectivity index (χ0) is 21.6. The predicted octanol–water partition coefficient (Wildman–Crippen LogP) is 9.43. The highest BCUT2D eigenvalue weighted by Gasteiger charge is 2.39. The van der Waals surface area contributed by atoms with Crippen LogP contribution in [-0.2, 0) is 0 Å². The largest absolute Gasteiger partial charge is 0.204 e. The lowest BCUT2D eigenvalue weighted by atomic mass is 9.60. The van der Waals surface area contributed by atoms with E-state index in [9.17, 15) is 8.78 Å². The molecule has 0 spiro atoms. The van der Waals surface area contributed by atoms with Gasteiger partial charge in [0.2, 0.25) is 0 Å². The van der Waals surface area contributed by atoms with Crippen molar-refractivity contribution in [3.63, 3.8) is 0 Å². The molecule has 0 saturated heterocycles. The van der Waals surface area contributed by atoms with E-state index in [4.69, 9.17) is 0 Å². The molecule has 3 aliphatic rings. The Balaban J connectivity index is 1.21. The third-order valence-electron chi connectivity index (χ3n) is 9.35. The smallest absolute Gasteiger partial charge is 0.162 e. The van der Waals surface area contributed by atoms with Crippen LogP contribution in [0.5, 0.6) is 0 Å². The Morgan fingerprint density at radius 3 is 2.13 bits per heavy atom. The van der Waals surface area contributed by atoms with E-state index >= 15 is 0 Å². The summed E-state index contributed by atoms with van der Waals surface area (Å²) in [6, 6.07) is 4.74. The second kappa shape index (κ2) is 11.3. The topological polar surface area (TPSA) is 0 Å². The monoisotopic (exact) mass is 430 g/mol. The van der Waals surface area contributed by atoms with Gasteiger partial charge in [0.1, 0.15) is 0 Å². The van der Waals surface area contributed by atoms with Gasteiger partial charge in [-0.15, -0.1) is 0 Å². The van der Waals surface area contributed by atoms with Crippen molar-refractivity contribution >= 4 is 0 Å². The van der Waals surface area contributed by atoms with Crippen LogP contribution in [0.4, 0.5) is 8.78 Å². The third-order valence-corrected chi connectivity index (χ3v) is 9.35.